The minimum absolute atomic E-state index is 0.313. The third-order valence-electron chi connectivity index (χ3n) is 5.09. The highest BCUT2D eigenvalue weighted by Crippen LogP contribution is 2.51. The summed E-state index contributed by atoms with van der Waals surface area (Å²) in [6, 6.07) is 4.28. The van der Waals surface area contributed by atoms with Crippen LogP contribution in [-0.4, -0.2) is 20.1 Å². The molecule has 0 unspecified atom stereocenters. The summed E-state index contributed by atoms with van der Waals surface area (Å²) in [5.74, 6) is 0.313. The van der Waals surface area contributed by atoms with Crippen LogP contribution >= 0.6 is 0 Å². The van der Waals surface area contributed by atoms with E-state index in [1.165, 1.54) is 32.4 Å². The minimum Gasteiger partial charge on any atom is -0.761 e. The van der Waals surface area contributed by atoms with Crippen molar-refractivity contribution in [3.8, 4) is 12.1 Å². The molecule has 1 aliphatic carbocycles. The highest BCUT2D eigenvalue weighted by Gasteiger charge is 2.44. The second kappa shape index (κ2) is 7.68. The molecule has 0 aromatic carbocycles. The molecule has 0 radical (unpaired) electrons. The van der Waals surface area contributed by atoms with Gasteiger partial charge in [0.15, 0.2) is 0 Å². The summed E-state index contributed by atoms with van der Waals surface area (Å²) in [5.41, 5.74) is 6.27. The van der Waals surface area contributed by atoms with E-state index < -0.39 is 5.41 Å². The summed E-state index contributed by atoms with van der Waals surface area (Å²) in [5, 5.41) is 21.5. The number of nitriles is 2. The van der Waals surface area contributed by atoms with Gasteiger partial charge in [0.25, 0.3) is 0 Å². The van der Waals surface area contributed by atoms with Gasteiger partial charge in [-0.2, -0.15) is 10.5 Å². The van der Waals surface area contributed by atoms with E-state index in [0.717, 1.165) is 25.7 Å². The average molecular weight is 331 g/mol. The van der Waals surface area contributed by atoms with Crippen LogP contribution in [-0.2, 0) is 12.6 Å². The summed E-state index contributed by atoms with van der Waals surface area (Å²) >= 11 is 5.12. The van der Waals surface area contributed by atoms with E-state index in [-0.39, 0.29) is 0 Å². The molecule has 3 rings (SSSR count). The van der Waals surface area contributed by atoms with E-state index in [1.54, 1.807) is 4.90 Å². The topological polar surface area (TPSA) is 90.1 Å². The maximum Gasteiger partial charge on any atom is 0.114 e. The fraction of sp³-hybridized carbons (Fsp3) is 0.647. The Balaban J connectivity index is 0.000000229. The molecule has 0 bridgehead atoms. The van der Waals surface area contributed by atoms with Crippen molar-refractivity contribution in [2.45, 2.75) is 44.9 Å². The zero-order valence-electron chi connectivity index (χ0n) is 13.7. The van der Waals surface area contributed by atoms with Crippen molar-refractivity contribution in [1.29, 1.82) is 10.5 Å². The monoisotopic (exact) mass is 331 g/mol. The van der Waals surface area contributed by atoms with Crippen molar-refractivity contribution in [1.82, 2.24) is 5.32 Å². The van der Waals surface area contributed by atoms with Gasteiger partial charge in [-0.1, -0.05) is 17.9 Å². The lowest BCUT2D eigenvalue weighted by Gasteiger charge is -2.38. The molecule has 23 heavy (non-hydrogen) atoms. The van der Waals surface area contributed by atoms with E-state index in [0.29, 0.717) is 22.0 Å². The number of nitrogens with two attached hydrogens (primary N) is 1. The van der Waals surface area contributed by atoms with E-state index >= 15 is 0 Å². The molecule has 0 aromatic rings. The molecule has 4 N–H and O–H groups in total. The maximum atomic E-state index is 9.20. The second-order valence-corrected chi connectivity index (χ2v) is 7.06. The third kappa shape index (κ3) is 3.60. The van der Waals surface area contributed by atoms with Crippen molar-refractivity contribution in [3.63, 3.8) is 0 Å². The second-order valence-electron chi connectivity index (χ2n) is 6.65. The molecule has 0 atom stereocenters. The van der Waals surface area contributed by atoms with Gasteiger partial charge in [-0.3, -0.25) is 0 Å². The van der Waals surface area contributed by atoms with Gasteiger partial charge in [-0.05, 0) is 32.1 Å². The summed E-state index contributed by atoms with van der Waals surface area (Å²) < 4.78 is 0. The van der Waals surface area contributed by atoms with E-state index in [9.17, 15) is 10.5 Å². The third-order valence-corrected chi connectivity index (χ3v) is 5.40. The molecule has 2 heterocycles. The Hall–Kier alpha value is -1.76. The average Bonchev–Trinajstić information content (AvgIpc) is 2.99. The Kier molecular flexibility index (Phi) is 5.87. The Morgan fingerprint density at radius 1 is 1.04 bits per heavy atom. The first-order valence-electron chi connectivity index (χ1n) is 8.35. The Morgan fingerprint density at radius 3 is 2.04 bits per heavy atom. The Labute approximate surface area is 144 Å². The normalized spacial score (nSPS) is 23.6. The van der Waals surface area contributed by atoms with E-state index in [1.807, 2.05) is 0 Å². The molecular weight excluding hydrogens is 306 g/mol. The summed E-state index contributed by atoms with van der Waals surface area (Å²) in [4.78, 5) is 1.71. The van der Waals surface area contributed by atoms with Gasteiger partial charge < -0.3 is 28.6 Å². The van der Waals surface area contributed by atoms with E-state index in [2.05, 4.69) is 24.5 Å². The van der Waals surface area contributed by atoms with Crippen LogP contribution in [0.4, 0.5) is 0 Å². The van der Waals surface area contributed by atoms with Crippen LogP contribution in [0.25, 0.3) is 0 Å². The lowest BCUT2D eigenvalue weighted by atomic mass is 9.72. The highest BCUT2D eigenvalue weighted by molar-refractivity contribution is 7.63. The van der Waals surface area contributed by atoms with Crippen LogP contribution in [0.15, 0.2) is 22.0 Å². The number of hydrogen-bond acceptors (Lipinski definition) is 5. The number of allylic oxidation sites excluding steroid dienone is 2. The molecule has 6 heteroatoms. The number of likely N-dealkylation sites (tertiary alicyclic amines) is 1. The molecule has 0 aromatic heterocycles. The zero-order chi connectivity index (χ0) is 16.9. The Morgan fingerprint density at radius 2 is 1.61 bits per heavy atom. The molecule has 2 fully saturated rings. The highest BCUT2D eigenvalue weighted by atomic mass is 32.1. The lowest BCUT2D eigenvalue weighted by Crippen LogP contribution is -3.09. The van der Waals surface area contributed by atoms with Crippen molar-refractivity contribution in [2.75, 3.05) is 20.1 Å². The molecule has 5 nitrogen and oxygen atoms in total. The number of rotatable bonds is 0. The van der Waals surface area contributed by atoms with Gasteiger partial charge in [0, 0.05) is 11.0 Å². The van der Waals surface area contributed by atoms with Gasteiger partial charge in [-0.25, -0.2) is 0 Å². The summed E-state index contributed by atoms with van der Waals surface area (Å²) in [7, 11) is 2.28. The number of dihydropyridines is 1. The fourth-order valence-corrected chi connectivity index (χ4v) is 4.16. The quantitative estimate of drug-likeness (QED) is 0.572. The molecule has 0 amide bonds. The van der Waals surface area contributed by atoms with Crippen LogP contribution in [0.3, 0.4) is 0 Å². The smallest absolute Gasteiger partial charge is 0.114 e. The van der Waals surface area contributed by atoms with Crippen LogP contribution in [0, 0.1) is 28.1 Å². The predicted molar refractivity (Wildman–Crippen MR) is 91.3 cm³/mol. The first-order valence-corrected chi connectivity index (χ1v) is 8.76. The molecule has 1 saturated carbocycles. The number of nitrogens with one attached hydrogen (secondary N) is 2. The van der Waals surface area contributed by atoms with Gasteiger partial charge in [-0.15, -0.1) is 0 Å². The summed E-state index contributed by atoms with van der Waals surface area (Å²) in [6.45, 7) is 2.81. The molecule has 1 saturated heterocycles. The van der Waals surface area contributed by atoms with E-state index in [4.69, 9.17) is 18.4 Å². The first-order chi connectivity index (χ1) is 11.0. The van der Waals surface area contributed by atoms with Crippen molar-refractivity contribution in [3.05, 3.63) is 22.0 Å². The maximum absolute atomic E-state index is 9.20. The molecule has 124 valence electrons. The largest absolute Gasteiger partial charge is 0.761 e. The van der Waals surface area contributed by atoms with Crippen LogP contribution < -0.4 is 16.0 Å². The van der Waals surface area contributed by atoms with Crippen molar-refractivity contribution >= 4 is 12.6 Å². The number of piperidine rings is 1. The van der Waals surface area contributed by atoms with Gasteiger partial charge >= 0.3 is 0 Å². The molecular formula is C17H25N5S. The number of quaternary nitrogens is 1. The molecule has 1 spiro atoms. The SMILES string of the molecule is C[NH+]1CCCCC1.N#CC1=C(N)NC([S-])=C(C#N)C12CCCC2. The lowest BCUT2D eigenvalue weighted by molar-refractivity contribution is -0.884. The summed E-state index contributed by atoms with van der Waals surface area (Å²) in [6.07, 6.45) is 7.97. The predicted octanol–water partition coefficient (Wildman–Crippen LogP) is 0.811. The first kappa shape index (κ1) is 17.6. The standard InChI is InChI=1S/C11H12N4S.C6H13N/c12-5-7-9(14)15-10(16)8(6-13)11(7)3-1-2-4-11;1-7-5-3-2-4-6-7/h15-16H,1-4,14H2;2-6H2,1H3. The van der Waals surface area contributed by atoms with Crippen molar-refractivity contribution in [2.24, 2.45) is 11.1 Å². The van der Waals surface area contributed by atoms with Gasteiger partial charge in [0.2, 0.25) is 0 Å². The molecule has 3 aliphatic rings. The van der Waals surface area contributed by atoms with Crippen molar-refractivity contribution < 1.29 is 4.90 Å². The molecule has 2 aliphatic heterocycles. The van der Waals surface area contributed by atoms with Crippen LogP contribution in [0.5, 0.6) is 0 Å². The van der Waals surface area contributed by atoms with Gasteiger partial charge in [0.05, 0.1) is 37.8 Å². The van der Waals surface area contributed by atoms with Crippen LogP contribution in [0.1, 0.15) is 44.9 Å². The zero-order valence-corrected chi connectivity index (χ0v) is 14.6. The fourth-order valence-electron chi connectivity index (χ4n) is 3.81. The minimum atomic E-state index is -0.504. The van der Waals surface area contributed by atoms with Crippen LogP contribution in [0.2, 0.25) is 0 Å². The Bertz CT molecular complexity index is 543. The van der Waals surface area contributed by atoms with Gasteiger partial charge in [0.1, 0.15) is 5.82 Å². The number of nitrogens with zero attached hydrogens (tertiary/aromatic N) is 2. The number of hydrogen-bond donors (Lipinski definition) is 3.